The molecule has 23 heavy (non-hydrogen) atoms. The smallest absolute Gasteiger partial charge is 0.202 e. The molecule has 0 spiro atoms. The summed E-state index contributed by atoms with van der Waals surface area (Å²) < 4.78 is 12.9. The summed E-state index contributed by atoms with van der Waals surface area (Å²) in [5.41, 5.74) is 0.855. The molecule has 1 aromatic heterocycles. The van der Waals surface area contributed by atoms with Gasteiger partial charge in [0.1, 0.15) is 32.0 Å². The summed E-state index contributed by atoms with van der Waals surface area (Å²) in [6, 6.07) is 3.86. The number of hydrogen-bond donors (Lipinski definition) is 0. The molecular weight excluding hydrogens is 316 g/mol. The Kier molecular flexibility index (Phi) is 4.71. The van der Waals surface area contributed by atoms with Crippen LogP contribution in [0.2, 0.25) is 0 Å². The normalized spacial score (nSPS) is 14.2. The number of fused-ring (bicyclic) bond motifs is 1. The average Bonchev–Trinajstić information content (AvgIpc) is 3.08. The lowest BCUT2D eigenvalue weighted by molar-refractivity contribution is 0.0851. The van der Waals surface area contributed by atoms with E-state index >= 15 is 0 Å². The Morgan fingerprint density at radius 2 is 2.04 bits per heavy atom. The summed E-state index contributed by atoms with van der Waals surface area (Å²) in [4.78, 5) is 10.4. The van der Waals surface area contributed by atoms with Gasteiger partial charge in [-0.05, 0) is 32.2 Å². The third kappa shape index (κ3) is 3.42. The molecule has 0 amide bonds. The molecule has 1 aliphatic heterocycles. The zero-order chi connectivity index (χ0) is 16.2. The molecule has 0 bridgehead atoms. The topological polar surface area (TPSA) is 70.8 Å². The first kappa shape index (κ1) is 15.7. The molecule has 2 heterocycles. The van der Waals surface area contributed by atoms with Crippen molar-refractivity contribution < 1.29 is 14.3 Å². The van der Waals surface area contributed by atoms with Gasteiger partial charge < -0.3 is 14.3 Å². The molecular formula is C15H18N4O3S. The molecule has 0 radical (unpaired) electrons. The molecule has 0 N–H and O–H groups in total. The second-order valence-electron chi connectivity index (χ2n) is 5.11. The van der Waals surface area contributed by atoms with Crippen LogP contribution in [0.4, 0.5) is 0 Å². The van der Waals surface area contributed by atoms with Gasteiger partial charge in [0.05, 0.1) is 0 Å². The highest BCUT2D eigenvalue weighted by Gasteiger charge is 2.20. The third-order valence-corrected chi connectivity index (χ3v) is 3.87. The van der Waals surface area contributed by atoms with Gasteiger partial charge in [0, 0.05) is 10.5 Å². The number of aromatic nitrogens is 3. The number of thioether (sulfide) groups is 1. The van der Waals surface area contributed by atoms with Gasteiger partial charge in [-0.25, -0.2) is 4.98 Å². The molecule has 0 unspecified atom stereocenters. The van der Waals surface area contributed by atoms with Gasteiger partial charge in [-0.2, -0.15) is 9.78 Å². The zero-order valence-corrected chi connectivity index (χ0v) is 14.0. The van der Waals surface area contributed by atoms with Crippen molar-refractivity contribution in [2.75, 3.05) is 19.5 Å². The maximum Gasteiger partial charge on any atom is 0.202 e. The van der Waals surface area contributed by atoms with Crippen LogP contribution in [0.15, 0.2) is 34.8 Å². The Hall–Kier alpha value is -2.22. The Balaban J connectivity index is 2.09. The summed E-state index contributed by atoms with van der Waals surface area (Å²) in [5.74, 6) is 1.99. The number of hydrogen-bond acceptors (Lipinski definition) is 7. The first-order valence-corrected chi connectivity index (χ1v) is 8.48. The molecule has 0 aliphatic carbocycles. The van der Waals surface area contributed by atoms with Crippen LogP contribution in [0, 0.1) is 0 Å². The van der Waals surface area contributed by atoms with Gasteiger partial charge in [-0.1, -0.05) is 5.16 Å². The predicted octanol–water partition coefficient (Wildman–Crippen LogP) is 2.41. The lowest BCUT2D eigenvalue weighted by Gasteiger charge is -2.21. The van der Waals surface area contributed by atoms with Gasteiger partial charge in [0.25, 0.3) is 0 Å². The van der Waals surface area contributed by atoms with E-state index in [0.717, 1.165) is 16.2 Å². The molecule has 0 atom stereocenters. The maximum atomic E-state index is 5.68. The van der Waals surface area contributed by atoms with Crippen molar-refractivity contribution in [3.63, 3.8) is 0 Å². The minimum Gasteiger partial charge on any atom is -0.486 e. The number of rotatable bonds is 4. The third-order valence-electron chi connectivity index (χ3n) is 3.09. The van der Waals surface area contributed by atoms with Crippen molar-refractivity contribution in [2.45, 2.75) is 24.8 Å². The number of nitrogens with zero attached hydrogens (tertiary/aromatic N) is 4. The van der Waals surface area contributed by atoms with Crippen LogP contribution in [0.1, 0.15) is 19.4 Å². The highest BCUT2D eigenvalue weighted by atomic mass is 32.2. The fourth-order valence-electron chi connectivity index (χ4n) is 2.10. The second kappa shape index (κ2) is 6.91. The first-order valence-electron chi connectivity index (χ1n) is 7.26. The Labute approximate surface area is 138 Å². The van der Waals surface area contributed by atoms with Crippen LogP contribution in [0.3, 0.4) is 0 Å². The van der Waals surface area contributed by atoms with Crippen LogP contribution < -0.4 is 9.47 Å². The molecule has 3 rings (SSSR count). The minimum absolute atomic E-state index is 0.0385. The Bertz CT molecular complexity index is 701. The molecule has 0 saturated carbocycles. The molecule has 1 aromatic carbocycles. The summed E-state index contributed by atoms with van der Waals surface area (Å²) >= 11 is 1.59. The van der Waals surface area contributed by atoms with Gasteiger partial charge in [0.2, 0.25) is 5.84 Å². The predicted molar refractivity (Wildman–Crippen MR) is 87.4 cm³/mol. The van der Waals surface area contributed by atoms with Crippen LogP contribution in [-0.4, -0.2) is 46.2 Å². The summed E-state index contributed by atoms with van der Waals surface area (Å²) in [6.07, 6.45) is 5.01. The summed E-state index contributed by atoms with van der Waals surface area (Å²) in [5, 5.41) is 8.43. The minimum atomic E-state index is -0.0385. The molecule has 8 heteroatoms. The SMILES string of the molecule is CSc1cc2c(cc1/C(=N/OC(C)C)n1cncn1)OCCO2. The van der Waals surface area contributed by atoms with Gasteiger partial charge in [0.15, 0.2) is 11.5 Å². The van der Waals surface area contributed by atoms with Crippen molar-refractivity contribution in [1.82, 2.24) is 14.8 Å². The molecule has 0 saturated heterocycles. The second-order valence-corrected chi connectivity index (χ2v) is 5.95. The van der Waals surface area contributed by atoms with Gasteiger partial charge in [-0.15, -0.1) is 11.8 Å². The highest BCUT2D eigenvalue weighted by molar-refractivity contribution is 7.98. The van der Waals surface area contributed by atoms with E-state index in [1.165, 1.54) is 6.33 Å². The Morgan fingerprint density at radius 3 is 2.65 bits per heavy atom. The van der Waals surface area contributed by atoms with Crippen LogP contribution in [-0.2, 0) is 4.84 Å². The van der Waals surface area contributed by atoms with Crippen molar-refractivity contribution in [3.05, 3.63) is 30.4 Å². The quantitative estimate of drug-likeness (QED) is 0.370. The number of benzene rings is 1. The average molecular weight is 334 g/mol. The highest BCUT2D eigenvalue weighted by Crippen LogP contribution is 2.37. The van der Waals surface area contributed by atoms with Gasteiger partial charge in [-0.3, -0.25) is 0 Å². The maximum absolute atomic E-state index is 5.68. The number of ether oxygens (including phenoxy) is 2. The van der Waals surface area contributed by atoms with E-state index in [2.05, 4.69) is 15.2 Å². The monoisotopic (exact) mass is 334 g/mol. The first-order chi connectivity index (χ1) is 11.2. The van der Waals surface area contributed by atoms with Crippen LogP contribution >= 0.6 is 11.8 Å². The summed E-state index contributed by atoms with van der Waals surface area (Å²) in [6.45, 7) is 4.92. The Morgan fingerprint density at radius 1 is 1.30 bits per heavy atom. The molecule has 122 valence electrons. The fraction of sp³-hybridized carbons (Fsp3) is 0.400. The largest absolute Gasteiger partial charge is 0.486 e. The van der Waals surface area contributed by atoms with Crippen LogP contribution in [0.25, 0.3) is 0 Å². The molecule has 7 nitrogen and oxygen atoms in total. The van der Waals surface area contributed by atoms with E-state index in [1.807, 2.05) is 32.2 Å². The van der Waals surface area contributed by atoms with E-state index in [-0.39, 0.29) is 6.10 Å². The molecule has 0 fully saturated rings. The van der Waals surface area contributed by atoms with E-state index in [1.54, 1.807) is 22.8 Å². The lowest BCUT2D eigenvalue weighted by atomic mass is 10.1. The lowest BCUT2D eigenvalue weighted by Crippen LogP contribution is -2.19. The number of oxime groups is 1. The van der Waals surface area contributed by atoms with E-state index < -0.39 is 0 Å². The van der Waals surface area contributed by atoms with Gasteiger partial charge >= 0.3 is 0 Å². The summed E-state index contributed by atoms with van der Waals surface area (Å²) in [7, 11) is 0. The van der Waals surface area contributed by atoms with E-state index in [0.29, 0.717) is 24.8 Å². The zero-order valence-electron chi connectivity index (χ0n) is 13.2. The van der Waals surface area contributed by atoms with Crippen LogP contribution in [0.5, 0.6) is 11.5 Å². The fourth-order valence-corrected chi connectivity index (χ4v) is 2.70. The van der Waals surface area contributed by atoms with Crippen molar-refractivity contribution in [2.24, 2.45) is 5.16 Å². The molecule has 2 aromatic rings. The van der Waals surface area contributed by atoms with Crippen molar-refractivity contribution in [1.29, 1.82) is 0 Å². The van der Waals surface area contributed by atoms with E-state index in [9.17, 15) is 0 Å². The molecule has 1 aliphatic rings. The standard InChI is InChI=1S/C15H18N4O3S/c1-10(2)22-18-15(19-9-16-8-17-19)11-6-12-13(7-14(11)23-3)21-5-4-20-12/h6-10H,4-5H2,1-3H3/b18-15-. The van der Waals surface area contributed by atoms with E-state index in [4.69, 9.17) is 14.3 Å². The van der Waals surface area contributed by atoms with Crippen molar-refractivity contribution in [3.8, 4) is 11.5 Å². The van der Waals surface area contributed by atoms with Crippen molar-refractivity contribution >= 4 is 17.6 Å².